The van der Waals surface area contributed by atoms with E-state index in [1.165, 1.54) is 4.57 Å². The molecule has 28 heavy (non-hydrogen) atoms. The van der Waals surface area contributed by atoms with Gasteiger partial charge in [0.25, 0.3) is 5.56 Å². The highest BCUT2D eigenvalue weighted by Crippen LogP contribution is 2.24. The van der Waals surface area contributed by atoms with Crippen molar-refractivity contribution in [3.05, 3.63) is 92.3 Å². The van der Waals surface area contributed by atoms with E-state index < -0.39 is 11.2 Å². The number of aromatic nitrogens is 2. The van der Waals surface area contributed by atoms with Gasteiger partial charge >= 0.3 is 5.69 Å². The lowest BCUT2D eigenvalue weighted by Crippen LogP contribution is -2.38. The van der Waals surface area contributed by atoms with E-state index in [0.29, 0.717) is 24.1 Å². The number of allylic oxidation sites excluding steroid dienone is 2. The van der Waals surface area contributed by atoms with Crippen LogP contribution in [0.25, 0.3) is 10.8 Å². The summed E-state index contributed by atoms with van der Waals surface area (Å²) in [6, 6.07) is 13.2. The number of fused-ring (bicyclic) bond motifs is 1. The van der Waals surface area contributed by atoms with Gasteiger partial charge in [0.05, 0.1) is 0 Å². The van der Waals surface area contributed by atoms with Gasteiger partial charge in [0.15, 0.2) is 0 Å². The van der Waals surface area contributed by atoms with E-state index in [4.69, 9.17) is 0 Å². The molecule has 0 radical (unpaired) electrons. The molecule has 0 unspecified atom stereocenters. The topological polar surface area (TPSA) is 71.9 Å². The Hall–Kier alpha value is -3.21. The molecule has 142 valence electrons. The third kappa shape index (κ3) is 3.13. The number of aromatic amines is 1. The van der Waals surface area contributed by atoms with Crippen molar-refractivity contribution < 1.29 is 4.79 Å². The number of rotatable bonds is 5. The minimum atomic E-state index is -0.516. The summed E-state index contributed by atoms with van der Waals surface area (Å²) in [4.78, 5) is 41.1. The molecule has 2 aromatic carbocycles. The lowest BCUT2D eigenvalue weighted by molar-refractivity contribution is 0.102. The van der Waals surface area contributed by atoms with Gasteiger partial charge in [0.2, 0.25) is 5.78 Å². The van der Waals surface area contributed by atoms with E-state index in [9.17, 15) is 14.4 Å². The zero-order chi connectivity index (χ0) is 19.7. The standard InChI is InChI=1S/C23H22N2O3/c1-2-17-20(21(26)19-13-7-11-16-10-5-6-12-18(16)19)25(23(28)24-22(17)27)14-15-8-3-4-9-15/h3-7,10-13,15H,2,8-9,14H2,1H3,(H,24,27,28). The molecule has 1 heterocycles. The molecule has 1 aliphatic rings. The van der Waals surface area contributed by atoms with Crippen LogP contribution in [0.1, 0.15) is 41.4 Å². The average molecular weight is 374 g/mol. The third-order valence-electron chi connectivity index (χ3n) is 5.44. The molecular weight excluding hydrogens is 352 g/mol. The number of H-pyrrole nitrogens is 1. The average Bonchev–Trinajstić information content (AvgIpc) is 3.22. The van der Waals surface area contributed by atoms with Crippen molar-refractivity contribution in [3.63, 3.8) is 0 Å². The minimum absolute atomic E-state index is 0.222. The number of nitrogens with one attached hydrogen (secondary N) is 1. The van der Waals surface area contributed by atoms with Gasteiger partial charge in [-0.15, -0.1) is 0 Å². The van der Waals surface area contributed by atoms with E-state index in [-0.39, 0.29) is 17.4 Å². The van der Waals surface area contributed by atoms with Gasteiger partial charge in [-0.3, -0.25) is 19.1 Å². The van der Waals surface area contributed by atoms with Crippen molar-refractivity contribution in [2.24, 2.45) is 5.92 Å². The number of carbonyl (C=O) groups is 1. The molecule has 0 fully saturated rings. The number of hydrogen-bond acceptors (Lipinski definition) is 3. The summed E-state index contributed by atoms with van der Waals surface area (Å²) in [6.07, 6.45) is 6.30. The van der Waals surface area contributed by atoms with Crippen molar-refractivity contribution in [1.82, 2.24) is 9.55 Å². The molecular formula is C23H22N2O3. The highest BCUT2D eigenvalue weighted by atomic mass is 16.2. The summed E-state index contributed by atoms with van der Waals surface area (Å²) < 4.78 is 1.47. The Bertz CT molecular complexity index is 1190. The van der Waals surface area contributed by atoms with Crippen LogP contribution in [0, 0.1) is 5.92 Å². The van der Waals surface area contributed by atoms with Gasteiger partial charge in [0, 0.05) is 17.7 Å². The molecule has 5 nitrogen and oxygen atoms in total. The first-order chi connectivity index (χ1) is 13.6. The van der Waals surface area contributed by atoms with Gasteiger partial charge in [0.1, 0.15) is 5.69 Å². The maximum Gasteiger partial charge on any atom is 0.328 e. The van der Waals surface area contributed by atoms with E-state index >= 15 is 0 Å². The molecule has 0 spiro atoms. The first-order valence-electron chi connectivity index (χ1n) is 9.63. The number of ketones is 1. The molecule has 1 aliphatic carbocycles. The molecule has 0 saturated heterocycles. The van der Waals surface area contributed by atoms with Crippen LogP contribution >= 0.6 is 0 Å². The van der Waals surface area contributed by atoms with Crippen LogP contribution in [0.2, 0.25) is 0 Å². The van der Waals surface area contributed by atoms with Gasteiger partial charge < -0.3 is 0 Å². The molecule has 0 saturated carbocycles. The van der Waals surface area contributed by atoms with Crippen molar-refractivity contribution >= 4 is 16.6 Å². The third-order valence-corrected chi connectivity index (χ3v) is 5.44. The van der Waals surface area contributed by atoms with Crippen molar-refractivity contribution in [2.45, 2.75) is 32.7 Å². The summed E-state index contributed by atoms with van der Waals surface area (Å²) in [6.45, 7) is 2.25. The summed E-state index contributed by atoms with van der Waals surface area (Å²) in [5.41, 5.74) is 0.105. The van der Waals surface area contributed by atoms with Crippen LogP contribution in [-0.2, 0) is 13.0 Å². The highest BCUT2D eigenvalue weighted by Gasteiger charge is 2.24. The monoisotopic (exact) mass is 374 g/mol. The highest BCUT2D eigenvalue weighted by molar-refractivity contribution is 6.16. The largest absolute Gasteiger partial charge is 0.328 e. The molecule has 3 aromatic rings. The lowest BCUT2D eigenvalue weighted by atomic mass is 9.96. The Balaban J connectivity index is 1.93. The second-order valence-corrected chi connectivity index (χ2v) is 7.22. The van der Waals surface area contributed by atoms with Gasteiger partial charge in [-0.05, 0) is 36.0 Å². The number of benzene rings is 2. The molecule has 5 heteroatoms. The van der Waals surface area contributed by atoms with Gasteiger partial charge in [-0.25, -0.2) is 4.79 Å². The quantitative estimate of drug-likeness (QED) is 0.549. The Morgan fingerprint density at radius 3 is 2.54 bits per heavy atom. The maximum absolute atomic E-state index is 13.6. The summed E-state index contributed by atoms with van der Waals surface area (Å²) in [5, 5.41) is 1.77. The van der Waals surface area contributed by atoms with Crippen molar-refractivity contribution in [1.29, 1.82) is 0 Å². The fourth-order valence-corrected chi connectivity index (χ4v) is 4.01. The molecule has 0 atom stereocenters. The number of carbonyl (C=O) groups excluding carboxylic acids is 1. The first-order valence-corrected chi connectivity index (χ1v) is 9.63. The van der Waals surface area contributed by atoms with Crippen LogP contribution in [0.5, 0.6) is 0 Å². The van der Waals surface area contributed by atoms with Crippen LogP contribution in [0.3, 0.4) is 0 Å². The Morgan fingerprint density at radius 2 is 1.79 bits per heavy atom. The number of nitrogens with zero attached hydrogens (tertiary/aromatic N) is 1. The Kier molecular flexibility index (Phi) is 4.82. The van der Waals surface area contributed by atoms with Crippen LogP contribution in [0.4, 0.5) is 0 Å². The molecule has 0 amide bonds. The second kappa shape index (κ2) is 7.43. The number of hydrogen-bond donors (Lipinski definition) is 1. The molecule has 1 aromatic heterocycles. The SMILES string of the molecule is CCc1c(C(=O)c2cccc3ccccc23)n(CC2CC=CC2)c(=O)[nH]c1=O. The molecule has 4 rings (SSSR count). The Labute approximate surface area is 162 Å². The van der Waals surface area contributed by atoms with Crippen LogP contribution in [0.15, 0.2) is 64.2 Å². The maximum atomic E-state index is 13.6. The van der Waals surface area contributed by atoms with Crippen molar-refractivity contribution in [3.8, 4) is 0 Å². The van der Waals surface area contributed by atoms with E-state index in [1.54, 1.807) is 6.07 Å². The first kappa shape index (κ1) is 18.2. The smallest absolute Gasteiger partial charge is 0.290 e. The Morgan fingerprint density at radius 1 is 1.07 bits per heavy atom. The van der Waals surface area contributed by atoms with E-state index in [2.05, 4.69) is 17.1 Å². The second-order valence-electron chi connectivity index (χ2n) is 7.22. The van der Waals surface area contributed by atoms with Gasteiger partial charge in [-0.2, -0.15) is 0 Å². The zero-order valence-corrected chi connectivity index (χ0v) is 15.8. The molecule has 1 N–H and O–H groups in total. The summed E-state index contributed by atoms with van der Waals surface area (Å²) in [7, 11) is 0. The van der Waals surface area contributed by atoms with Crippen LogP contribution in [-0.4, -0.2) is 15.3 Å². The van der Waals surface area contributed by atoms with E-state index in [0.717, 1.165) is 23.6 Å². The zero-order valence-electron chi connectivity index (χ0n) is 15.8. The van der Waals surface area contributed by atoms with Crippen molar-refractivity contribution in [2.75, 3.05) is 0 Å². The van der Waals surface area contributed by atoms with E-state index in [1.807, 2.05) is 43.3 Å². The lowest BCUT2D eigenvalue weighted by Gasteiger charge is -2.18. The predicted octanol–water partition coefficient (Wildman–Crippen LogP) is 3.45. The molecule has 0 aliphatic heterocycles. The summed E-state index contributed by atoms with van der Waals surface area (Å²) in [5.74, 6) is -0.0184. The predicted molar refractivity (Wildman–Crippen MR) is 110 cm³/mol. The fraction of sp³-hybridized carbons (Fsp3) is 0.261. The molecule has 0 bridgehead atoms. The minimum Gasteiger partial charge on any atom is -0.290 e. The normalized spacial score (nSPS) is 14.0. The summed E-state index contributed by atoms with van der Waals surface area (Å²) >= 11 is 0. The fourth-order valence-electron chi connectivity index (χ4n) is 4.01. The van der Waals surface area contributed by atoms with Crippen LogP contribution < -0.4 is 11.2 Å². The van der Waals surface area contributed by atoms with Gasteiger partial charge in [-0.1, -0.05) is 61.5 Å².